The zero-order valence-corrected chi connectivity index (χ0v) is 36.7. The van der Waals surface area contributed by atoms with Gasteiger partial charge in [0.2, 0.25) is 0 Å². The number of carboxylic acid groups (broad SMARTS) is 1. The van der Waals surface area contributed by atoms with Crippen LogP contribution in [0.4, 0.5) is 22.6 Å². The second-order valence-corrected chi connectivity index (χ2v) is 20.3. The van der Waals surface area contributed by atoms with Crippen LogP contribution < -0.4 is 10.2 Å². The highest BCUT2D eigenvalue weighted by Gasteiger charge is 2.66. The maximum Gasteiger partial charge on any atom is 0.356 e. The summed E-state index contributed by atoms with van der Waals surface area (Å²) in [5, 5.41) is 48.0. The number of aliphatic hydroxyl groups excluding tert-OH is 2. The van der Waals surface area contributed by atoms with Gasteiger partial charge in [-0.1, -0.05) is 37.3 Å². The van der Waals surface area contributed by atoms with Crippen LogP contribution in [0.3, 0.4) is 0 Å². The third-order valence-electron chi connectivity index (χ3n) is 13.7. The van der Waals surface area contributed by atoms with Gasteiger partial charge in [-0.25, -0.2) is 19.4 Å². The molecule has 2 unspecified atom stereocenters. The van der Waals surface area contributed by atoms with Crippen molar-refractivity contribution in [2.24, 2.45) is 16.2 Å². The number of hydrogen-bond acceptors (Lipinski definition) is 13. The molecule has 5 aliphatic rings. The molecule has 324 valence electrons. The minimum Gasteiger partial charge on any atom is -0.476 e. The molecule has 15 heteroatoms. The van der Waals surface area contributed by atoms with Gasteiger partial charge in [-0.2, -0.15) is 5.10 Å². The van der Waals surface area contributed by atoms with Gasteiger partial charge in [0.15, 0.2) is 22.5 Å². The number of aliphatic hydroxyl groups is 2. The second-order valence-electron chi connectivity index (χ2n) is 19.3. The Morgan fingerprint density at radius 3 is 2.41 bits per heavy atom. The summed E-state index contributed by atoms with van der Waals surface area (Å²) in [5.41, 5.74) is 5.36. The lowest BCUT2D eigenvalue weighted by Crippen LogP contribution is -2.64. The molecule has 4 aromatic heterocycles. The van der Waals surface area contributed by atoms with Crippen LogP contribution in [-0.2, 0) is 17.6 Å². The van der Waals surface area contributed by atoms with E-state index < -0.39 is 5.97 Å². The lowest BCUT2D eigenvalue weighted by Gasteiger charge is -2.69. The number of carbonyl (C=O) groups is 1. The molecule has 5 heterocycles. The van der Waals surface area contributed by atoms with E-state index in [1.165, 1.54) is 6.42 Å². The number of hydrogen-bond donors (Lipinski definition) is 4. The summed E-state index contributed by atoms with van der Waals surface area (Å²) in [6, 6.07) is 13.8. The molecule has 61 heavy (non-hydrogen) atoms. The zero-order valence-electron chi connectivity index (χ0n) is 35.9. The summed E-state index contributed by atoms with van der Waals surface area (Å²) in [6.07, 6.45) is 10.5. The number of carboxylic acids is 1. The highest BCUT2D eigenvalue weighted by Crippen LogP contribution is 2.72. The Hall–Kier alpha value is -4.54. The first kappa shape index (κ1) is 41.8. The summed E-state index contributed by atoms with van der Waals surface area (Å²) >= 11 is 1.57. The largest absolute Gasteiger partial charge is 0.476 e. The van der Waals surface area contributed by atoms with E-state index in [1.54, 1.807) is 16.0 Å². The second kappa shape index (κ2) is 16.3. The number of anilines is 4. The van der Waals surface area contributed by atoms with Crippen LogP contribution in [0.1, 0.15) is 105 Å². The first-order valence-electron chi connectivity index (χ1n) is 22.0. The number of aromatic carboxylic acids is 1. The first-order chi connectivity index (χ1) is 29.3. The molecule has 0 saturated heterocycles. The van der Waals surface area contributed by atoms with Gasteiger partial charge in [-0.15, -0.1) is 10.2 Å². The molecule has 4 aliphatic carbocycles. The Labute approximate surface area is 361 Å². The molecule has 2 atom stereocenters. The van der Waals surface area contributed by atoms with Crippen molar-refractivity contribution in [3.05, 3.63) is 70.7 Å². The van der Waals surface area contributed by atoms with Crippen LogP contribution in [0.15, 0.2) is 42.5 Å². The Balaban J connectivity index is 0.944. The molecule has 5 aromatic rings. The molecule has 0 spiro atoms. The van der Waals surface area contributed by atoms with Crippen molar-refractivity contribution in [2.45, 2.75) is 104 Å². The average molecular weight is 850 g/mol. The van der Waals surface area contributed by atoms with Crippen molar-refractivity contribution in [3.8, 4) is 5.69 Å². The molecular formula is C46H59N9O5S. The van der Waals surface area contributed by atoms with Gasteiger partial charge in [0.05, 0.1) is 33.8 Å². The van der Waals surface area contributed by atoms with Crippen molar-refractivity contribution >= 4 is 50.1 Å². The van der Waals surface area contributed by atoms with Crippen LogP contribution >= 0.6 is 11.3 Å². The lowest BCUT2D eigenvalue weighted by molar-refractivity contribution is -0.245. The van der Waals surface area contributed by atoms with Crippen molar-refractivity contribution in [1.29, 1.82) is 0 Å². The Kier molecular flexibility index (Phi) is 11.2. The van der Waals surface area contributed by atoms with Gasteiger partial charge in [-0.3, -0.25) is 0 Å². The number of benzene rings is 1. The van der Waals surface area contributed by atoms with Crippen LogP contribution in [-0.4, -0.2) is 108 Å². The fourth-order valence-electron chi connectivity index (χ4n) is 12.6. The SMILES string of the molecule is Cc1c(Nc2nc3ccccc3s2)nnc2c1CCCN2c1ccc(-n2nc(CC34CC5(C)CC(C)(C3)CC(OCCN(CCCO)CCCO)(C5)C4)cc2C)c(C(=O)O)n1. The summed E-state index contributed by atoms with van der Waals surface area (Å²) in [7, 11) is 0. The molecule has 0 radical (unpaired) electrons. The van der Waals surface area contributed by atoms with Gasteiger partial charge in [-0.05, 0) is 131 Å². The molecule has 10 rings (SSSR count). The molecule has 4 fully saturated rings. The number of aromatic nitrogens is 6. The fraction of sp³-hybridized carbons (Fsp3) is 0.565. The van der Waals surface area contributed by atoms with Crippen molar-refractivity contribution in [2.75, 3.05) is 56.2 Å². The van der Waals surface area contributed by atoms with E-state index >= 15 is 0 Å². The molecule has 14 nitrogen and oxygen atoms in total. The number of fused-ring (bicyclic) bond motifs is 2. The lowest BCUT2D eigenvalue weighted by atomic mass is 9.38. The smallest absolute Gasteiger partial charge is 0.356 e. The molecule has 0 amide bonds. The van der Waals surface area contributed by atoms with E-state index in [9.17, 15) is 20.1 Å². The Morgan fingerprint density at radius 1 is 0.934 bits per heavy atom. The Morgan fingerprint density at radius 2 is 1.69 bits per heavy atom. The van der Waals surface area contributed by atoms with Crippen LogP contribution in [0, 0.1) is 30.1 Å². The predicted octanol–water partition coefficient (Wildman–Crippen LogP) is 7.56. The van der Waals surface area contributed by atoms with Crippen LogP contribution in [0.2, 0.25) is 0 Å². The minimum atomic E-state index is -1.12. The molecular weight excluding hydrogens is 791 g/mol. The maximum atomic E-state index is 13.0. The number of nitrogens with zero attached hydrogens (tertiary/aromatic N) is 8. The summed E-state index contributed by atoms with van der Waals surface area (Å²) < 4.78 is 9.86. The molecule has 4 saturated carbocycles. The van der Waals surface area contributed by atoms with E-state index in [2.05, 4.69) is 46.4 Å². The molecule has 4 N–H and O–H groups in total. The maximum absolute atomic E-state index is 13.0. The topological polar surface area (TPSA) is 175 Å². The molecule has 1 aromatic carbocycles. The third kappa shape index (κ3) is 8.27. The average Bonchev–Trinajstić information content (AvgIpc) is 3.79. The van der Waals surface area contributed by atoms with Crippen LogP contribution in [0.25, 0.3) is 15.9 Å². The van der Waals surface area contributed by atoms with Crippen molar-refractivity contribution in [1.82, 2.24) is 34.8 Å². The normalized spacial score (nSPS) is 25.5. The Bertz CT molecular complexity index is 2370. The van der Waals surface area contributed by atoms with Gasteiger partial charge < -0.3 is 35.2 Å². The number of para-hydroxylation sites is 1. The number of thiazole rings is 1. The summed E-state index contributed by atoms with van der Waals surface area (Å²) in [5.74, 6) is 0.743. The monoisotopic (exact) mass is 849 g/mol. The molecule has 1 aliphatic heterocycles. The zero-order chi connectivity index (χ0) is 42.6. The highest BCUT2D eigenvalue weighted by atomic mass is 32.1. The number of ether oxygens (including phenoxy) is 1. The van der Waals surface area contributed by atoms with E-state index in [0.717, 1.165) is 109 Å². The van der Waals surface area contributed by atoms with Gasteiger partial charge in [0, 0.05) is 56.2 Å². The quantitative estimate of drug-likeness (QED) is 0.0723. The standard InChI is InChI=1S/C46H59N9O5S/c1-30-22-32(23-45-25-43(3)24-44(4,26-45)28-46(27-43,29-45)60-21-18-53(15-8-19-56)16-9-20-57)52-55(30)35-13-14-37(48-38(35)41(58)59)54-17-7-10-33-31(2)39(50-51-40(33)54)49-42-47-34-11-5-6-12-36(34)61-42/h5-6,11-14,22,56-57H,7-10,15-21,23-29H2,1-4H3,(H,58,59)(H,47,49,50). The van der Waals surface area contributed by atoms with Crippen molar-refractivity contribution in [3.63, 3.8) is 0 Å². The number of aryl methyl sites for hydroxylation is 1. The van der Waals surface area contributed by atoms with E-state index in [-0.39, 0.29) is 40.8 Å². The van der Waals surface area contributed by atoms with E-state index in [1.807, 2.05) is 49.1 Å². The number of pyridine rings is 1. The fourth-order valence-corrected chi connectivity index (χ4v) is 13.5. The highest BCUT2D eigenvalue weighted by molar-refractivity contribution is 7.22. The predicted molar refractivity (Wildman–Crippen MR) is 237 cm³/mol. The first-order valence-corrected chi connectivity index (χ1v) is 22.8. The molecule has 4 bridgehead atoms. The van der Waals surface area contributed by atoms with Gasteiger partial charge in [0.1, 0.15) is 5.82 Å². The summed E-state index contributed by atoms with van der Waals surface area (Å²) in [6.45, 7) is 12.9. The van der Waals surface area contributed by atoms with E-state index in [4.69, 9.17) is 19.8 Å². The van der Waals surface area contributed by atoms with Gasteiger partial charge in [0.25, 0.3) is 0 Å². The minimum absolute atomic E-state index is 0.0274. The van der Waals surface area contributed by atoms with Crippen molar-refractivity contribution < 1.29 is 24.9 Å². The number of nitrogens with one attached hydrogen (secondary N) is 1. The number of rotatable bonds is 17. The van der Waals surface area contributed by atoms with Gasteiger partial charge >= 0.3 is 5.97 Å². The summed E-state index contributed by atoms with van der Waals surface area (Å²) in [4.78, 5) is 26.7. The van der Waals surface area contributed by atoms with E-state index in [0.29, 0.717) is 49.1 Å². The third-order valence-corrected chi connectivity index (χ3v) is 14.7. The van der Waals surface area contributed by atoms with Crippen LogP contribution in [0.5, 0.6) is 0 Å².